The van der Waals surface area contributed by atoms with E-state index < -0.39 is 11.7 Å². The molecule has 0 aliphatic carbocycles. The minimum Gasteiger partial charge on any atom is -0.460 e. The number of β-amino-alcohol motifs (C(OH)–C–C–N with tert-alkyl or cyclic N) is 1. The van der Waals surface area contributed by atoms with Gasteiger partial charge in [-0.2, -0.15) is 0 Å². The van der Waals surface area contributed by atoms with Crippen molar-refractivity contribution in [3.8, 4) is 0 Å². The molecule has 6 nitrogen and oxygen atoms in total. The van der Waals surface area contributed by atoms with Crippen LogP contribution in [0, 0.1) is 0 Å². The predicted molar refractivity (Wildman–Crippen MR) is 120 cm³/mol. The molecule has 2 N–H and O–H groups in total. The van der Waals surface area contributed by atoms with Crippen molar-refractivity contribution in [3.05, 3.63) is 70.8 Å². The monoisotopic (exact) mass is 424 g/mol. The van der Waals surface area contributed by atoms with Crippen LogP contribution in [0.3, 0.4) is 0 Å². The number of aliphatic hydroxyl groups is 1. The second kappa shape index (κ2) is 10.1. The third-order valence-corrected chi connectivity index (χ3v) is 5.13. The predicted octanol–water partition coefficient (Wildman–Crippen LogP) is 2.72. The summed E-state index contributed by atoms with van der Waals surface area (Å²) in [5, 5.41) is 13.2. The van der Waals surface area contributed by atoms with Crippen molar-refractivity contribution in [2.75, 3.05) is 19.6 Å². The molecule has 0 bridgehead atoms. The van der Waals surface area contributed by atoms with E-state index in [0.29, 0.717) is 12.1 Å². The molecule has 1 aliphatic rings. The van der Waals surface area contributed by atoms with Gasteiger partial charge in [0.1, 0.15) is 5.60 Å². The number of hydrogen-bond acceptors (Lipinski definition) is 5. The Balaban J connectivity index is 1.47. The Morgan fingerprint density at radius 3 is 2.61 bits per heavy atom. The molecule has 31 heavy (non-hydrogen) atoms. The third kappa shape index (κ3) is 7.19. The third-order valence-electron chi connectivity index (χ3n) is 5.13. The molecule has 0 saturated heterocycles. The lowest BCUT2D eigenvalue weighted by Gasteiger charge is -2.30. The summed E-state index contributed by atoms with van der Waals surface area (Å²) >= 11 is 0. The number of ether oxygens (including phenoxy) is 1. The fourth-order valence-electron chi connectivity index (χ4n) is 3.75. The first-order valence-corrected chi connectivity index (χ1v) is 10.8. The smallest absolute Gasteiger partial charge is 0.310 e. The van der Waals surface area contributed by atoms with Crippen LogP contribution in [0.15, 0.2) is 48.5 Å². The summed E-state index contributed by atoms with van der Waals surface area (Å²) in [4.78, 5) is 26.8. The van der Waals surface area contributed by atoms with Gasteiger partial charge in [-0.25, -0.2) is 0 Å². The number of hydrogen-bond donors (Lipinski definition) is 2. The molecule has 0 spiro atoms. The van der Waals surface area contributed by atoms with Gasteiger partial charge in [-0.1, -0.05) is 36.4 Å². The number of esters is 1. The molecule has 1 amide bonds. The lowest BCUT2D eigenvalue weighted by Crippen LogP contribution is -2.42. The van der Waals surface area contributed by atoms with Gasteiger partial charge in [0, 0.05) is 31.7 Å². The minimum atomic E-state index is -0.654. The summed E-state index contributed by atoms with van der Waals surface area (Å²) in [6.45, 7) is 7.86. The van der Waals surface area contributed by atoms with Crippen molar-refractivity contribution in [2.45, 2.75) is 51.9 Å². The molecule has 1 aliphatic heterocycles. The Labute approximate surface area is 184 Å². The summed E-state index contributed by atoms with van der Waals surface area (Å²) in [5.74, 6) is -0.599. The maximum atomic E-state index is 12.5. The van der Waals surface area contributed by atoms with E-state index >= 15 is 0 Å². The summed E-state index contributed by atoms with van der Waals surface area (Å²) in [5.41, 5.74) is 3.30. The first-order chi connectivity index (χ1) is 14.7. The highest BCUT2D eigenvalue weighted by molar-refractivity contribution is 5.94. The van der Waals surface area contributed by atoms with Crippen LogP contribution < -0.4 is 5.32 Å². The number of carbonyl (C=O) groups excluding carboxylic acids is 2. The van der Waals surface area contributed by atoms with E-state index in [0.717, 1.165) is 25.1 Å². The van der Waals surface area contributed by atoms with Gasteiger partial charge in [-0.3, -0.25) is 14.5 Å². The van der Waals surface area contributed by atoms with Gasteiger partial charge in [0.05, 0.1) is 12.5 Å². The van der Waals surface area contributed by atoms with Crippen LogP contribution in [0.4, 0.5) is 0 Å². The largest absolute Gasteiger partial charge is 0.460 e. The summed E-state index contributed by atoms with van der Waals surface area (Å²) in [6, 6.07) is 15.3. The number of nitrogens with one attached hydrogen (secondary N) is 1. The Bertz CT molecular complexity index is 920. The Kier molecular flexibility index (Phi) is 7.46. The van der Waals surface area contributed by atoms with E-state index in [9.17, 15) is 14.7 Å². The fourth-order valence-corrected chi connectivity index (χ4v) is 3.75. The average molecular weight is 425 g/mol. The standard InChI is InChI=1S/C25H32N2O4/c1-25(2,3)31-23(29)14-18-7-6-10-20(13-18)24(30)26-15-22(28)17-27-12-11-19-8-4-5-9-21(19)16-27/h4-10,13,22,28H,11-12,14-17H2,1-3H3,(H,26,30). The van der Waals surface area contributed by atoms with Crippen LogP contribution in [0.25, 0.3) is 0 Å². The lowest BCUT2D eigenvalue weighted by molar-refractivity contribution is -0.153. The van der Waals surface area contributed by atoms with Crippen molar-refractivity contribution < 1.29 is 19.4 Å². The quantitative estimate of drug-likeness (QED) is 0.668. The Morgan fingerprint density at radius 1 is 1.13 bits per heavy atom. The van der Waals surface area contributed by atoms with Gasteiger partial charge >= 0.3 is 5.97 Å². The summed E-state index contributed by atoms with van der Waals surface area (Å²) in [6.07, 6.45) is 0.427. The number of carbonyl (C=O) groups is 2. The molecule has 1 atom stereocenters. The van der Waals surface area contributed by atoms with Gasteiger partial charge in [0.15, 0.2) is 0 Å². The van der Waals surface area contributed by atoms with Crippen LogP contribution in [-0.2, 0) is 28.9 Å². The van der Waals surface area contributed by atoms with Crippen molar-refractivity contribution in [3.63, 3.8) is 0 Å². The molecule has 0 saturated carbocycles. The molecule has 2 aromatic rings. The van der Waals surface area contributed by atoms with Crippen molar-refractivity contribution in [1.29, 1.82) is 0 Å². The van der Waals surface area contributed by atoms with Crippen molar-refractivity contribution in [1.82, 2.24) is 10.2 Å². The van der Waals surface area contributed by atoms with Crippen LogP contribution >= 0.6 is 0 Å². The topological polar surface area (TPSA) is 78.9 Å². The number of aliphatic hydroxyl groups excluding tert-OH is 1. The normalized spacial score (nSPS) is 15.1. The molecule has 166 valence electrons. The summed E-state index contributed by atoms with van der Waals surface area (Å²) in [7, 11) is 0. The van der Waals surface area contributed by atoms with Crippen LogP contribution in [0.1, 0.15) is 47.8 Å². The van der Waals surface area contributed by atoms with E-state index in [1.807, 2.05) is 26.8 Å². The SMILES string of the molecule is CC(C)(C)OC(=O)Cc1cccc(C(=O)NCC(O)CN2CCc3ccccc3C2)c1. The molecule has 1 unspecified atom stereocenters. The van der Waals surface area contributed by atoms with Crippen molar-refractivity contribution >= 4 is 11.9 Å². The first kappa shape index (κ1) is 23.0. The number of nitrogens with zero attached hydrogens (tertiary/aromatic N) is 1. The van der Waals surface area contributed by atoms with Crippen LogP contribution in [0.5, 0.6) is 0 Å². The number of fused-ring (bicyclic) bond motifs is 1. The van der Waals surface area contributed by atoms with E-state index in [2.05, 4.69) is 28.4 Å². The van der Waals surface area contributed by atoms with Crippen LogP contribution in [0.2, 0.25) is 0 Å². The maximum Gasteiger partial charge on any atom is 0.310 e. The zero-order chi connectivity index (χ0) is 22.4. The van der Waals surface area contributed by atoms with E-state index in [1.165, 1.54) is 11.1 Å². The number of amides is 1. The van der Waals surface area contributed by atoms with Crippen molar-refractivity contribution in [2.24, 2.45) is 0 Å². The molecule has 0 radical (unpaired) electrons. The molecule has 3 rings (SSSR count). The second-order valence-electron chi connectivity index (χ2n) is 9.08. The average Bonchev–Trinajstić information content (AvgIpc) is 2.70. The first-order valence-electron chi connectivity index (χ1n) is 10.8. The Hall–Kier alpha value is -2.70. The second-order valence-corrected chi connectivity index (χ2v) is 9.08. The minimum absolute atomic E-state index is 0.109. The Morgan fingerprint density at radius 2 is 1.87 bits per heavy atom. The highest BCUT2D eigenvalue weighted by Crippen LogP contribution is 2.18. The highest BCUT2D eigenvalue weighted by atomic mass is 16.6. The van der Waals surface area contributed by atoms with Gasteiger partial charge < -0.3 is 15.2 Å². The molecule has 1 heterocycles. The molecule has 2 aromatic carbocycles. The van der Waals surface area contributed by atoms with Crippen LogP contribution in [-0.4, -0.2) is 53.2 Å². The lowest BCUT2D eigenvalue weighted by atomic mass is 10.00. The molecule has 0 fully saturated rings. The van der Waals surface area contributed by atoms with Gasteiger partial charge in [-0.05, 0) is 56.0 Å². The highest BCUT2D eigenvalue weighted by Gasteiger charge is 2.20. The maximum absolute atomic E-state index is 12.5. The zero-order valence-electron chi connectivity index (χ0n) is 18.6. The number of rotatable bonds is 7. The van der Waals surface area contributed by atoms with Gasteiger partial charge in [0.25, 0.3) is 5.91 Å². The fraction of sp³-hybridized carbons (Fsp3) is 0.440. The van der Waals surface area contributed by atoms with E-state index in [4.69, 9.17) is 4.74 Å². The van der Waals surface area contributed by atoms with E-state index in [-0.39, 0.29) is 24.8 Å². The number of benzene rings is 2. The molecular weight excluding hydrogens is 392 g/mol. The molecule has 0 aromatic heterocycles. The molecular formula is C25H32N2O4. The van der Waals surface area contributed by atoms with E-state index in [1.54, 1.807) is 24.3 Å². The summed E-state index contributed by atoms with van der Waals surface area (Å²) < 4.78 is 5.34. The van der Waals surface area contributed by atoms with Gasteiger partial charge in [-0.15, -0.1) is 0 Å². The zero-order valence-corrected chi connectivity index (χ0v) is 18.6. The molecule has 6 heteroatoms. The van der Waals surface area contributed by atoms with Gasteiger partial charge in [0.2, 0.25) is 0 Å².